The fourth-order valence-electron chi connectivity index (χ4n) is 1.02. The summed E-state index contributed by atoms with van der Waals surface area (Å²) in [5.74, 6) is 5.99. The van der Waals surface area contributed by atoms with E-state index < -0.39 is 0 Å². The lowest BCUT2D eigenvalue weighted by molar-refractivity contribution is 0.270. The molecule has 0 bridgehead atoms. The number of hydrogen-bond donors (Lipinski definition) is 1. The summed E-state index contributed by atoms with van der Waals surface area (Å²) in [6, 6.07) is 5.25. The molecule has 0 saturated heterocycles. The van der Waals surface area contributed by atoms with Gasteiger partial charge in [-0.3, -0.25) is 0 Å². The van der Waals surface area contributed by atoms with Crippen LogP contribution < -0.4 is 4.74 Å². The van der Waals surface area contributed by atoms with Crippen molar-refractivity contribution in [2.45, 2.75) is 13.5 Å². The molecule has 0 saturated carbocycles. The Hall–Kier alpha value is -1.17. The van der Waals surface area contributed by atoms with Gasteiger partial charge in [-0.05, 0) is 13.0 Å². The SMILES string of the molecule is CC#CCOc1c(Cl)cccc1CO. The molecule has 0 atom stereocenters. The van der Waals surface area contributed by atoms with Crippen molar-refractivity contribution in [3.05, 3.63) is 28.8 Å². The first kappa shape index (κ1) is 10.9. The monoisotopic (exact) mass is 210 g/mol. The number of hydrogen-bond acceptors (Lipinski definition) is 2. The maximum Gasteiger partial charge on any atom is 0.149 e. The van der Waals surface area contributed by atoms with Gasteiger partial charge in [-0.1, -0.05) is 29.7 Å². The summed E-state index contributed by atoms with van der Waals surface area (Å²) in [6.07, 6.45) is 0. The van der Waals surface area contributed by atoms with Crippen molar-refractivity contribution in [3.63, 3.8) is 0 Å². The maximum absolute atomic E-state index is 9.02. The largest absolute Gasteiger partial charge is 0.479 e. The number of para-hydroxylation sites is 1. The highest BCUT2D eigenvalue weighted by atomic mass is 35.5. The van der Waals surface area contributed by atoms with Gasteiger partial charge in [0.05, 0.1) is 11.6 Å². The third kappa shape index (κ3) is 2.66. The lowest BCUT2D eigenvalue weighted by atomic mass is 10.2. The van der Waals surface area contributed by atoms with Crippen LogP contribution in [0.5, 0.6) is 5.75 Å². The van der Waals surface area contributed by atoms with Crippen molar-refractivity contribution in [2.75, 3.05) is 6.61 Å². The molecule has 0 aliphatic carbocycles. The predicted octanol–water partition coefficient (Wildman–Crippen LogP) is 2.23. The number of rotatable bonds is 3. The quantitative estimate of drug-likeness (QED) is 0.776. The smallest absolute Gasteiger partial charge is 0.149 e. The topological polar surface area (TPSA) is 29.5 Å². The normalized spacial score (nSPS) is 9.07. The number of halogens is 1. The van der Waals surface area contributed by atoms with Crippen molar-refractivity contribution in [3.8, 4) is 17.6 Å². The van der Waals surface area contributed by atoms with Crippen LogP contribution in [-0.4, -0.2) is 11.7 Å². The molecular formula is C11H11ClO2. The second kappa shape index (κ2) is 5.54. The third-order valence-corrected chi connectivity index (χ3v) is 1.98. The van der Waals surface area contributed by atoms with Crippen LogP contribution in [0.25, 0.3) is 0 Å². The fraction of sp³-hybridized carbons (Fsp3) is 0.273. The Morgan fingerprint density at radius 3 is 2.93 bits per heavy atom. The van der Waals surface area contributed by atoms with Gasteiger partial charge in [0.15, 0.2) is 0 Å². The average molecular weight is 211 g/mol. The molecular weight excluding hydrogens is 200 g/mol. The summed E-state index contributed by atoms with van der Waals surface area (Å²) < 4.78 is 5.33. The molecule has 74 valence electrons. The van der Waals surface area contributed by atoms with Crippen molar-refractivity contribution in [1.29, 1.82) is 0 Å². The highest BCUT2D eigenvalue weighted by Crippen LogP contribution is 2.28. The summed E-state index contributed by atoms with van der Waals surface area (Å²) in [7, 11) is 0. The molecule has 0 amide bonds. The fourth-order valence-corrected chi connectivity index (χ4v) is 1.27. The molecule has 0 heterocycles. The van der Waals surface area contributed by atoms with E-state index in [1.165, 1.54) is 0 Å². The Kier molecular flexibility index (Phi) is 4.31. The maximum atomic E-state index is 9.02. The van der Waals surface area contributed by atoms with E-state index in [0.717, 1.165) is 0 Å². The zero-order valence-corrected chi connectivity index (χ0v) is 8.64. The molecule has 1 N–H and O–H groups in total. The molecule has 0 fully saturated rings. The molecule has 0 radical (unpaired) electrons. The van der Waals surface area contributed by atoms with Gasteiger partial charge in [-0.15, -0.1) is 5.92 Å². The highest BCUT2D eigenvalue weighted by molar-refractivity contribution is 6.32. The van der Waals surface area contributed by atoms with Crippen LogP contribution in [0.1, 0.15) is 12.5 Å². The molecule has 0 aliphatic rings. The van der Waals surface area contributed by atoms with Crippen LogP contribution in [0.2, 0.25) is 5.02 Å². The van der Waals surface area contributed by atoms with E-state index in [2.05, 4.69) is 11.8 Å². The van der Waals surface area contributed by atoms with Gasteiger partial charge < -0.3 is 9.84 Å². The van der Waals surface area contributed by atoms with Crippen molar-refractivity contribution in [2.24, 2.45) is 0 Å². The Bertz CT molecular complexity index is 363. The average Bonchev–Trinajstić information content (AvgIpc) is 2.20. The summed E-state index contributed by atoms with van der Waals surface area (Å²) in [5, 5.41) is 9.52. The van der Waals surface area contributed by atoms with Gasteiger partial charge in [0.1, 0.15) is 12.4 Å². The molecule has 0 spiro atoms. The Balaban J connectivity index is 2.85. The van der Waals surface area contributed by atoms with E-state index in [9.17, 15) is 0 Å². The minimum atomic E-state index is -0.0879. The summed E-state index contributed by atoms with van der Waals surface area (Å²) in [4.78, 5) is 0. The van der Waals surface area contributed by atoms with Gasteiger partial charge in [-0.2, -0.15) is 0 Å². The van der Waals surface area contributed by atoms with E-state index >= 15 is 0 Å². The highest BCUT2D eigenvalue weighted by Gasteiger charge is 2.06. The molecule has 0 aromatic heterocycles. The Morgan fingerprint density at radius 1 is 1.50 bits per heavy atom. The van der Waals surface area contributed by atoms with Gasteiger partial charge in [-0.25, -0.2) is 0 Å². The third-order valence-electron chi connectivity index (χ3n) is 1.68. The Labute approximate surface area is 88.5 Å². The number of ether oxygens (including phenoxy) is 1. The molecule has 1 rings (SSSR count). The lowest BCUT2D eigenvalue weighted by Crippen LogP contribution is -1.98. The number of aliphatic hydroxyl groups is 1. The molecule has 1 aromatic rings. The second-order valence-electron chi connectivity index (χ2n) is 2.60. The molecule has 14 heavy (non-hydrogen) atoms. The van der Waals surface area contributed by atoms with Crippen LogP contribution >= 0.6 is 11.6 Å². The molecule has 0 unspecified atom stereocenters. The minimum absolute atomic E-state index is 0.0879. The lowest BCUT2D eigenvalue weighted by Gasteiger charge is -2.08. The van der Waals surface area contributed by atoms with Crippen molar-refractivity contribution in [1.82, 2.24) is 0 Å². The van der Waals surface area contributed by atoms with E-state index in [4.69, 9.17) is 21.4 Å². The minimum Gasteiger partial charge on any atom is -0.479 e. The first-order valence-electron chi connectivity index (χ1n) is 4.20. The van der Waals surface area contributed by atoms with Crippen LogP contribution in [0.4, 0.5) is 0 Å². The Morgan fingerprint density at radius 2 is 2.29 bits per heavy atom. The van der Waals surface area contributed by atoms with Crippen LogP contribution in [-0.2, 0) is 6.61 Å². The van der Waals surface area contributed by atoms with E-state index in [-0.39, 0.29) is 13.2 Å². The van der Waals surface area contributed by atoms with Crippen LogP contribution in [0.15, 0.2) is 18.2 Å². The summed E-state index contributed by atoms with van der Waals surface area (Å²) in [6.45, 7) is 1.94. The first-order valence-corrected chi connectivity index (χ1v) is 4.58. The molecule has 1 aromatic carbocycles. The molecule has 3 heteroatoms. The summed E-state index contributed by atoms with van der Waals surface area (Å²) >= 11 is 5.90. The number of aliphatic hydroxyl groups excluding tert-OH is 1. The van der Waals surface area contributed by atoms with E-state index in [0.29, 0.717) is 16.3 Å². The van der Waals surface area contributed by atoms with Gasteiger partial charge in [0.2, 0.25) is 0 Å². The van der Waals surface area contributed by atoms with Gasteiger partial charge in [0, 0.05) is 5.56 Å². The first-order chi connectivity index (χ1) is 6.79. The van der Waals surface area contributed by atoms with Gasteiger partial charge in [0.25, 0.3) is 0 Å². The summed E-state index contributed by atoms with van der Waals surface area (Å²) in [5.41, 5.74) is 0.676. The van der Waals surface area contributed by atoms with E-state index in [1.807, 2.05) is 0 Å². The van der Waals surface area contributed by atoms with Crippen LogP contribution in [0.3, 0.4) is 0 Å². The van der Waals surface area contributed by atoms with Crippen molar-refractivity contribution >= 4 is 11.6 Å². The van der Waals surface area contributed by atoms with Gasteiger partial charge >= 0.3 is 0 Å². The van der Waals surface area contributed by atoms with E-state index in [1.54, 1.807) is 25.1 Å². The molecule has 0 aliphatic heterocycles. The molecule has 2 nitrogen and oxygen atoms in total. The number of benzene rings is 1. The zero-order valence-electron chi connectivity index (χ0n) is 7.88. The predicted molar refractivity (Wildman–Crippen MR) is 56.3 cm³/mol. The standard InChI is InChI=1S/C11H11ClO2/c1-2-3-7-14-11-9(8-13)5-4-6-10(11)12/h4-6,13H,7-8H2,1H3. The van der Waals surface area contributed by atoms with Crippen LogP contribution in [0, 0.1) is 11.8 Å². The zero-order chi connectivity index (χ0) is 10.4. The second-order valence-corrected chi connectivity index (χ2v) is 3.01. The van der Waals surface area contributed by atoms with Crippen molar-refractivity contribution < 1.29 is 9.84 Å².